The zero-order valence-electron chi connectivity index (χ0n) is 14.8. The van der Waals surface area contributed by atoms with E-state index in [2.05, 4.69) is 10.0 Å². The van der Waals surface area contributed by atoms with E-state index in [-0.39, 0.29) is 21.8 Å². The molecule has 0 unspecified atom stereocenters. The van der Waals surface area contributed by atoms with Crippen LogP contribution in [0.15, 0.2) is 83.8 Å². The standard InChI is InChI=1S/C20H15F3N2O3S/c21-20(22,23)17-8-4-5-9-18(17)24-19(26)14-10-12-15(13-11-14)25-29(27,28)16-6-2-1-3-7-16/h1-13,25H,(H,24,26). The molecule has 0 radical (unpaired) electrons. The van der Waals surface area contributed by atoms with Gasteiger partial charge in [0.25, 0.3) is 15.9 Å². The van der Waals surface area contributed by atoms with E-state index in [0.29, 0.717) is 0 Å². The second-order valence-corrected chi connectivity index (χ2v) is 7.68. The molecule has 0 saturated heterocycles. The molecule has 0 spiro atoms. The summed E-state index contributed by atoms with van der Waals surface area (Å²) in [5, 5.41) is 2.23. The first-order valence-electron chi connectivity index (χ1n) is 8.32. The van der Waals surface area contributed by atoms with E-state index >= 15 is 0 Å². The van der Waals surface area contributed by atoms with E-state index in [1.807, 2.05) is 0 Å². The Hall–Kier alpha value is -3.33. The second-order valence-electron chi connectivity index (χ2n) is 5.99. The number of alkyl halides is 3. The van der Waals surface area contributed by atoms with Gasteiger partial charge in [0, 0.05) is 11.3 Å². The van der Waals surface area contributed by atoms with Gasteiger partial charge in [-0.1, -0.05) is 30.3 Å². The zero-order valence-corrected chi connectivity index (χ0v) is 15.6. The van der Waals surface area contributed by atoms with Crippen LogP contribution in [0.4, 0.5) is 24.5 Å². The van der Waals surface area contributed by atoms with Crippen LogP contribution in [0.3, 0.4) is 0 Å². The van der Waals surface area contributed by atoms with Crippen molar-refractivity contribution >= 4 is 27.3 Å². The van der Waals surface area contributed by atoms with Crippen molar-refractivity contribution in [3.05, 3.63) is 90.0 Å². The topological polar surface area (TPSA) is 75.3 Å². The molecular formula is C20H15F3N2O3S. The Morgan fingerprint density at radius 3 is 2.00 bits per heavy atom. The van der Waals surface area contributed by atoms with Crippen LogP contribution in [0.1, 0.15) is 15.9 Å². The Balaban J connectivity index is 1.75. The number of anilines is 2. The minimum atomic E-state index is -4.61. The molecule has 2 N–H and O–H groups in total. The summed E-state index contributed by atoms with van der Waals surface area (Å²) in [5.74, 6) is -0.751. The van der Waals surface area contributed by atoms with Crippen molar-refractivity contribution < 1.29 is 26.4 Å². The molecule has 0 saturated carbocycles. The normalized spacial score (nSPS) is 11.7. The van der Waals surface area contributed by atoms with Crippen molar-refractivity contribution in [1.29, 1.82) is 0 Å². The maximum atomic E-state index is 13.0. The molecule has 150 valence electrons. The Kier molecular flexibility index (Phi) is 5.60. The SMILES string of the molecule is O=C(Nc1ccccc1C(F)(F)F)c1ccc(NS(=O)(=O)c2ccccc2)cc1. The van der Waals surface area contributed by atoms with Gasteiger partial charge in [0.2, 0.25) is 0 Å². The van der Waals surface area contributed by atoms with Gasteiger partial charge in [0.05, 0.1) is 16.1 Å². The van der Waals surface area contributed by atoms with E-state index in [4.69, 9.17) is 0 Å². The molecule has 0 atom stereocenters. The highest BCUT2D eigenvalue weighted by Crippen LogP contribution is 2.34. The first kappa shape index (κ1) is 20.4. The van der Waals surface area contributed by atoms with Gasteiger partial charge in [0.15, 0.2) is 0 Å². The lowest BCUT2D eigenvalue weighted by atomic mass is 10.1. The molecule has 0 aromatic heterocycles. The van der Waals surface area contributed by atoms with E-state index in [0.717, 1.165) is 12.1 Å². The van der Waals surface area contributed by atoms with E-state index in [1.165, 1.54) is 48.5 Å². The number of rotatable bonds is 5. The van der Waals surface area contributed by atoms with Crippen molar-refractivity contribution in [3.8, 4) is 0 Å². The summed E-state index contributed by atoms with van der Waals surface area (Å²) in [6.07, 6.45) is -4.61. The number of amides is 1. The molecular weight excluding hydrogens is 405 g/mol. The zero-order chi connectivity index (χ0) is 21.1. The van der Waals surface area contributed by atoms with Crippen LogP contribution in [0, 0.1) is 0 Å². The Labute approximate surface area is 165 Å². The molecule has 0 fully saturated rings. The van der Waals surface area contributed by atoms with Gasteiger partial charge in [-0.25, -0.2) is 8.42 Å². The van der Waals surface area contributed by atoms with Gasteiger partial charge in [-0.15, -0.1) is 0 Å². The molecule has 9 heteroatoms. The van der Waals surface area contributed by atoms with Gasteiger partial charge in [-0.2, -0.15) is 13.2 Å². The summed E-state index contributed by atoms with van der Waals surface area (Å²) in [6, 6.07) is 17.7. The molecule has 1 amide bonds. The monoisotopic (exact) mass is 420 g/mol. The number of nitrogens with one attached hydrogen (secondary N) is 2. The summed E-state index contributed by atoms with van der Waals surface area (Å²) in [4.78, 5) is 12.4. The van der Waals surface area contributed by atoms with Crippen LogP contribution >= 0.6 is 0 Å². The largest absolute Gasteiger partial charge is 0.418 e. The molecule has 3 aromatic carbocycles. The number of hydrogen-bond donors (Lipinski definition) is 2. The van der Waals surface area contributed by atoms with Crippen LogP contribution in [-0.2, 0) is 16.2 Å². The fraction of sp³-hybridized carbons (Fsp3) is 0.0500. The van der Waals surface area contributed by atoms with Crippen molar-refractivity contribution in [2.24, 2.45) is 0 Å². The molecule has 3 rings (SSSR count). The third kappa shape index (κ3) is 4.94. The molecule has 0 bridgehead atoms. The van der Waals surface area contributed by atoms with Gasteiger partial charge < -0.3 is 5.32 Å². The molecule has 0 heterocycles. The summed E-state index contributed by atoms with van der Waals surface area (Å²) in [6.45, 7) is 0. The third-order valence-electron chi connectivity index (χ3n) is 3.93. The second kappa shape index (κ2) is 7.96. The highest BCUT2D eigenvalue weighted by atomic mass is 32.2. The average molecular weight is 420 g/mol. The molecule has 0 aliphatic carbocycles. The predicted octanol–water partition coefficient (Wildman–Crippen LogP) is 4.76. The number of halogens is 3. The smallest absolute Gasteiger partial charge is 0.321 e. The number of carbonyl (C=O) groups is 1. The number of sulfonamides is 1. The first-order chi connectivity index (χ1) is 13.7. The Bertz CT molecular complexity index is 1110. The van der Waals surface area contributed by atoms with E-state index in [9.17, 15) is 26.4 Å². The van der Waals surface area contributed by atoms with Crippen LogP contribution in [-0.4, -0.2) is 14.3 Å². The summed E-state index contributed by atoms with van der Waals surface area (Å²) in [5.41, 5.74) is -1.04. The van der Waals surface area contributed by atoms with Gasteiger partial charge in [-0.05, 0) is 48.5 Å². The molecule has 29 heavy (non-hydrogen) atoms. The first-order valence-corrected chi connectivity index (χ1v) is 9.81. The lowest BCUT2D eigenvalue weighted by Gasteiger charge is -2.13. The van der Waals surface area contributed by atoms with E-state index in [1.54, 1.807) is 18.2 Å². The fourth-order valence-electron chi connectivity index (χ4n) is 2.54. The Morgan fingerprint density at radius 1 is 0.793 bits per heavy atom. The van der Waals surface area contributed by atoms with E-state index < -0.39 is 27.7 Å². The van der Waals surface area contributed by atoms with Crippen molar-refractivity contribution in [2.45, 2.75) is 11.1 Å². The lowest BCUT2D eigenvalue weighted by molar-refractivity contribution is -0.136. The number of hydrogen-bond acceptors (Lipinski definition) is 3. The summed E-state index contributed by atoms with van der Waals surface area (Å²) >= 11 is 0. The van der Waals surface area contributed by atoms with Gasteiger partial charge in [-0.3, -0.25) is 9.52 Å². The van der Waals surface area contributed by atoms with Crippen molar-refractivity contribution in [1.82, 2.24) is 0 Å². The highest BCUT2D eigenvalue weighted by Gasteiger charge is 2.33. The molecule has 5 nitrogen and oxygen atoms in total. The minimum Gasteiger partial charge on any atom is -0.321 e. The number of benzene rings is 3. The van der Waals surface area contributed by atoms with Crippen LogP contribution in [0.5, 0.6) is 0 Å². The molecule has 0 aliphatic heterocycles. The van der Waals surface area contributed by atoms with Gasteiger partial charge in [0.1, 0.15) is 0 Å². The maximum absolute atomic E-state index is 13.0. The number of carbonyl (C=O) groups excluding carboxylic acids is 1. The van der Waals surface area contributed by atoms with Crippen LogP contribution < -0.4 is 10.0 Å². The lowest BCUT2D eigenvalue weighted by Crippen LogP contribution is -2.17. The highest BCUT2D eigenvalue weighted by molar-refractivity contribution is 7.92. The van der Waals surface area contributed by atoms with Crippen molar-refractivity contribution in [2.75, 3.05) is 10.0 Å². The van der Waals surface area contributed by atoms with Crippen LogP contribution in [0.25, 0.3) is 0 Å². The minimum absolute atomic E-state index is 0.0737. The summed E-state index contributed by atoms with van der Waals surface area (Å²) < 4.78 is 66.1. The maximum Gasteiger partial charge on any atom is 0.418 e. The van der Waals surface area contributed by atoms with Crippen molar-refractivity contribution in [3.63, 3.8) is 0 Å². The fourth-order valence-corrected chi connectivity index (χ4v) is 3.62. The number of para-hydroxylation sites is 1. The average Bonchev–Trinajstić information content (AvgIpc) is 2.68. The van der Waals surface area contributed by atoms with Crippen LogP contribution in [0.2, 0.25) is 0 Å². The molecule has 3 aromatic rings. The van der Waals surface area contributed by atoms with Gasteiger partial charge >= 0.3 is 6.18 Å². The molecule has 0 aliphatic rings. The predicted molar refractivity (Wildman–Crippen MR) is 103 cm³/mol. The summed E-state index contributed by atoms with van der Waals surface area (Å²) in [7, 11) is -3.79. The third-order valence-corrected chi connectivity index (χ3v) is 5.33. The quantitative estimate of drug-likeness (QED) is 0.625. The Morgan fingerprint density at radius 2 is 1.38 bits per heavy atom.